The highest BCUT2D eigenvalue weighted by Crippen LogP contribution is 2.10. The maximum Gasteiger partial charge on any atom is 0.219 e. The van der Waals surface area contributed by atoms with Gasteiger partial charge in [-0.3, -0.25) is 4.79 Å². The zero-order valence-electron chi connectivity index (χ0n) is 8.23. The summed E-state index contributed by atoms with van der Waals surface area (Å²) in [6.07, 6.45) is -0.173. The van der Waals surface area contributed by atoms with E-state index in [0.29, 0.717) is 6.42 Å². The lowest BCUT2D eigenvalue weighted by molar-refractivity contribution is -0.121. The van der Waals surface area contributed by atoms with Gasteiger partial charge in [-0.25, -0.2) is 0 Å². The number of benzene rings is 1. The summed E-state index contributed by atoms with van der Waals surface area (Å²) in [5.74, 6) is -0.0417. The number of nitrogens with one attached hydrogen (secondary N) is 1. The van der Waals surface area contributed by atoms with E-state index in [9.17, 15) is 9.90 Å². The number of hydrogen-bond acceptors (Lipinski definition) is 2. The predicted molar refractivity (Wildman–Crippen MR) is 54.7 cm³/mol. The molecule has 0 radical (unpaired) electrons. The molecular formula is C11H15NO2. The largest absolute Gasteiger partial charge is 0.387 e. The number of rotatable bonds is 4. The molecule has 1 aromatic rings. The quantitative estimate of drug-likeness (QED) is 0.756. The van der Waals surface area contributed by atoms with Crippen LogP contribution in [0.2, 0.25) is 0 Å². The Labute approximate surface area is 83.8 Å². The van der Waals surface area contributed by atoms with Gasteiger partial charge in [0.05, 0.1) is 6.10 Å². The second-order valence-electron chi connectivity index (χ2n) is 3.08. The SMILES string of the molecule is CCC(=O)NC[C@@H](O)c1ccccc1. The van der Waals surface area contributed by atoms with Gasteiger partial charge in [-0.1, -0.05) is 37.3 Å². The van der Waals surface area contributed by atoms with Gasteiger partial charge in [0, 0.05) is 13.0 Å². The first-order valence-electron chi connectivity index (χ1n) is 4.73. The van der Waals surface area contributed by atoms with Crippen LogP contribution in [-0.4, -0.2) is 17.6 Å². The second kappa shape index (κ2) is 5.40. The third-order valence-electron chi connectivity index (χ3n) is 2.00. The molecule has 0 bridgehead atoms. The summed E-state index contributed by atoms with van der Waals surface area (Å²) >= 11 is 0. The topological polar surface area (TPSA) is 49.3 Å². The van der Waals surface area contributed by atoms with E-state index >= 15 is 0 Å². The van der Waals surface area contributed by atoms with Crippen LogP contribution in [0.3, 0.4) is 0 Å². The van der Waals surface area contributed by atoms with E-state index in [1.165, 1.54) is 0 Å². The van der Waals surface area contributed by atoms with Gasteiger partial charge in [0.15, 0.2) is 0 Å². The van der Waals surface area contributed by atoms with Crippen LogP contribution in [-0.2, 0) is 4.79 Å². The van der Waals surface area contributed by atoms with Crippen LogP contribution in [0.4, 0.5) is 0 Å². The molecule has 0 saturated heterocycles. The van der Waals surface area contributed by atoms with Crippen LogP contribution in [0.15, 0.2) is 30.3 Å². The van der Waals surface area contributed by atoms with Crippen molar-refractivity contribution in [3.63, 3.8) is 0 Å². The van der Waals surface area contributed by atoms with Crippen molar-refractivity contribution < 1.29 is 9.90 Å². The molecule has 3 heteroatoms. The van der Waals surface area contributed by atoms with Crippen LogP contribution in [0.1, 0.15) is 25.0 Å². The summed E-state index contributed by atoms with van der Waals surface area (Å²) in [7, 11) is 0. The third kappa shape index (κ3) is 3.18. The fourth-order valence-electron chi connectivity index (χ4n) is 1.13. The number of amides is 1. The molecule has 76 valence electrons. The van der Waals surface area contributed by atoms with Crippen molar-refractivity contribution in [3.8, 4) is 0 Å². The average molecular weight is 193 g/mol. The molecule has 1 rings (SSSR count). The Morgan fingerprint density at radius 2 is 2.07 bits per heavy atom. The number of aliphatic hydroxyl groups excluding tert-OH is 1. The smallest absolute Gasteiger partial charge is 0.219 e. The first-order chi connectivity index (χ1) is 6.74. The second-order valence-corrected chi connectivity index (χ2v) is 3.08. The Morgan fingerprint density at radius 3 is 2.64 bits per heavy atom. The van der Waals surface area contributed by atoms with Crippen molar-refractivity contribution in [2.24, 2.45) is 0 Å². The van der Waals surface area contributed by atoms with E-state index in [1.54, 1.807) is 6.92 Å². The normalized spacial score (nSPS) is 12.1. The highest BCUT2D eigenvalue weighted by atomic mass is 16.3. The fraction of sp³-hybridized carbons (Fsp3) is 0.364. The summed E-state index contributed by atoms with van der Waals surface area (Å²) in [6.45, 7) is 2.06. The van der Waals surface area contributed by atoms with Crippen molar-refractivity contribution in [1.82, 2.24) is 5.32 Å². The van der Waals surface area contributed by atoms with E-state index in [0.717, 1.165) is 5.56 Å². The van der Waals surface area contributed by atoms with Crippen LogP contribution in [0.25, 0.3) is 0 Å². The fourth-order valence-corrected chi connectivity index (χ4v) is 1.13. The van der Waals surface area contributed by atoms with Crippen LogP contribution in [0, 0.1) is 0 Å². The molecule has 0 aliphatic carbocycles. The van der Waals surface area contributed by atoms with Crippen molar-refractivity contribution in [2.75, 3.05) is 6.54 Å². The molecule has 3 nitrogen and oxygen atoms in total. The molecule has 0 fully saturated rings. The van der Waals surface area contributed by atoms with Crippen molar-refractivity contribution in [1.29, 1.82) is 0 Å². The number of hydrogen-bond donors (Lipinski definition) is 2. The molecule has 0 heterocycles. The summed E-state index contributed by atoms with van der Waals surface area (Å²) in [6, 6.07) is 9.28. The van der Waals surface area contributed by atoms with E-state index in [-0.39, 0.29) is 12.5 Å². The molecule has 0 unspecified atom stereocenters. The average Bonchev–Trinajstić information content (AvgIpc) is 2.26. The molecule has 0 aliphatic heterocycles. The minimum atomic E-state index is -0.619. The van der Waals surface area contributed by atoms with Gasteiger partial charge in [0.2, 0.25) is 5.91 Å². The summed E-state index contributed by atoms with van der Waals surface area (Å²) in [4.78, 5) is 10.9. The zero-order chi connectivity index (χ0) is 10.4. The monoisotopic (exact) mass is 193 g/mol. The van der Waals surface area contributed by atoms with E-state index in [4.69, 9.17) is 0 Å². The van der Waals surface area contributed by atoms with Gasteiger partial charge in [-0.05, 0) is 5.56 Å². The molecule has 1 atom stereocenters. The minimum absolute atomic E-state index is 0.0417. The first kappa shape index (κ1) is 10.7. The van der Waals surface area contributed by atoms with Crippen molar-refractivity contribution in [3.05, 3.63) is 35.9 Å². The third-order valence-corrected chi connectivity index (χ3v) is 2.00. The standard InChI is InChI=1S/C11H15NO2/c1-2-11(14)12-8-10(13)9-6-4-3-5-7-9/h3-7,10,13H,2,8H2,1H3,(H,12,14)/t10-/m1/s1. The predicted octanol–water partition coefficient (Wildman–Crippen LogP) is 1.25. The van der Waals surface area contributed by atoms with Gasteiger partial charge >= 0.3 is 0 Å². The highest BCUT2D eigenvalue weighted by Gasteiger charge is 2.07. The first-order valence-corrected chi connectivity index (χ1v) is 4.73. The number of carbonyl (C=O) groups is 1. The van der Waals surface area contributed by atoms with E-state index in [1.807, 2.05) is 30.3 Å². The van der Waals surface area contributed by atoms with Crippen molar-refractivity contribution >= 4 is 5.91 Å². The molecule has 0 aromatic heterocycles. The Bertz CT molecular complexity index is 285. The van der Waals surface area contributed by atoms with Gasteiger partial charge in [0.1, 0.15) is 0 Å². The van der Waals surface area contributed by atoms with Gasteiger partial charge in [0.25, 0.3) is 0 Å². The Balaban J connectivity index is 2.43. The van der Waals surface area contributed by atoms with Crippen LogP contribution < -0.4 is 5.32 Å². The molecule has 0 aliphatic rings. The molecule has 0 saturated carbocycles. The molecule has 2 N–H and O–H groups in total. The number of aliphatic hydroxyl groups is 1. The molecule has 14 heavy (non-hydrogen) atoms. The molecule has 0 spiro atoms. The summed E-state index contributed by atoms with van der Waals surface area (Å²) in [5, 5.41) is 12.3. The van der Waals surface area contributed by atoms with Crippen molar-refractivity contribution in [2.45, 2.75) is 19.4 Å². The van der Waals surface area contributed by atoms with Crippen LogP contribution in [0.5, 0.6) is 0 Å². The minimum Gasteiger partial charge on any atom is -0.387 e. The van der Waals surface area contributed by atoms with Gasteiger partial charge in [-0.2, -0.15) is 0 Å². The molecule has 1 amide bonds. The van der Waals surface area contributed by atoms with Crippen LogP contribution >= 0.6 is 0 Å². The summed E-state index contributed by atoms with van der Waals surface area (Å²) < 4.78 is 0. The number of carbonyl (C=O) groups excluding carboxylic acids is 1. The summed E-state index contributed by atoms with van der Waals surface area (Å²) in [5.41, 5.74) is 0.823. The zero-order valence-corrected chi connectivity index (χ0v) is 8.23. The van der Waals surface area contributed by atoms with E-state index in [2.05, 4.69) is 5.32 Å². The molecule has 1 aromatic carbocycles. The van der Waals surface area contributed by atoms with Gasteiger partial charge < -0.3 is 10.4 Å². The maximum absolute atomic E-state index is 10.9. The Kier molecular flexibility index (Phi) is 4.13. The Morgan fingerprint density at radius 1 is 1.43 bits per heavy atom. The lowest BCUT2D eigenvalue weighted by Crippen LogP contribution is -2.27. The Hall–Kier alpha value is -1.35. The maximum atomic E-state index is 10.9. The lowest BCUT2D eigenvalue weighted by atomic mass is 10.1. The lowest BCUT2D eigenvalue weighted by Gasteiger charge is -2.11. The van der Waals surface area contributed by atoms with Gasteiger partial charge in [-0.15, -0.1) is 0 Å². The molecular weight excluding hydrogens is 178 g/mol. The van der Waals surface area contributed by atoms with E-state index < -0.39 is 6.10 Å². The highest BCUT2D eigenvalue weighted by molar-refractivity contribution is 5.75.